The highest BCUT2D eigenvalue weighted by molar-refractivity contribution is 7.89. The molecule has 0 amide bonds. The Morgan fingerprint density at radius 1 is 0.889 bits per heavy atom. The van der Waals surface area contributed by atoms with Crippen LogP contribution in [0.3, 0.4) is 0 Å². The van der Waals surface area contributed by atoms with E-state index in [9.17, 15) is 8.42 Å². The molecule has 0 aliphatic rings. The van der Waals surface area contributed by atoms with Crippen LogP contribution in [0.4, 0.5) is 23.1 Å². The van der Waals surface area contributed by atoms with Crippen molar-refractivity contribution in [3.8, 4) is 0 Å². The first kappa shape index (κ1) is 19.3. The lowest BCUT2D eigenvalue weighted by molar-refractivity contribution is 0.588. The molecule has 3 aromatic rings. The maximum Gasteiger partial charge on any atom is 0.240 e. The monoisotopic (exact) mass is 424 g/mol. The molecule has 0 saturated heterocycles. The van der Waals surface area contributed by atoms with E-state index in [-0.39, 0.29) is 4.90 Å². The lowest BCUT2D eigenvalue weighted by atomic mass is 10.3. The molecule has 8 nitrogen and oxygen atoms in total. The SMILES string of the molecule is CNS(=O)(=O)c1ccc(Cl)c(Nc2cc(Nc3ccc(Cl)cn3)ncn2)c1. The van der Waals surface area contributed by atoms with Gasteiger partial charge in [0, 0.05) is 12.3 Å². The maximum absolute atomic E-state index is 12.0. The van der Waals surface area contributed by atoms with E-state index in [1.165, 1.54) is 37.8 Å². The lowest BCUT2D eigenvalue weighted by Gasteiger charge is -2.11. The molecule has 3 rings (SSSR count). The number of benzene rings is 1. The third-order valence-electron chi connectivity index (χ3n) is 3.43. The van der Waals surface area contributed by atoms with Crippen molar-refractivity contribution in [2.75, 3.05) is 17.7 Å². The molecule has 0 radical (unpaired) electrons. The van der Waals surface area contributed by atoms with E-state index in [4.69, 9.17) is 23.2 Å². The summed E-state index contributed by atoms with van der Waals surface area (Å²) >= 11 is 12.0. The molecule has 140 valence electrons. The van der Waals surface area contributed by atoms with Gasteiger partial charge in [0.15, 0.2) is 0 Å². The predicted octanol–water partition coefficient (Wildman–Crippen LogP) is 3.57. The number of rotatable bonds is 6. The summed E-state index contributed by atoms with van der Waals surface area (Å²) in [6.45, 7) is 0. The van der Waals surface area contributed by atoms with Crippen LogP contribution in [0.25, 0.3) is 0 Å². The van der Waals surface area contributed by atoms with E-state index in [1.54, 1.807) is 18.2 Å². The van der Waals surface area contributed by atoms with E-state index in [1.807, 2.05) is 0 Å². The van der Waals surface area contributed by atoms with Crippen molar-refractivity contribution in [2.24, 2.45) is 0 Å². The van der Waals surface area contributed by atoms with Crippen LogP contribution in [0, 0.1) is 0 Å². The zero-order valence-electron chi connectivity index (χ0n) is 13.9. The molecular formula is C16H14Cl2N6O2S. The van der Waals surface area contributed by atoms with Gasteiger partial charge in [-0.25, -0.2) is 28.1 Å². The van der Waals surface area contributed by atoms with Gasteiger partial charge in [0.05, 0.1) is 20.6 Å². The second kappa shape index (κ2) is 8.05. The molecule has 0 fully saturated rings. The summed E-state index contributed by atoms with van der Waals surface area (Å²) in [6.07, 6.45) is 2.86. The Morgan fingerprint density at radius 2 is 1.63 bits per heavy atom. The molecule has 0 atom stereocenters. The van der Waals surface area contributed by atoms with Gasteiger partial charge in [-0.3, -0.25) is 0 Å². The van der Waals surface area contributed by atoms with Crippen molar-refractivity contribution in [1.29, 1.82) is 0 Å². The molecule has 2 heterocycles. The molecule has 2 aromatic heterocycles. The molecular weight excluding hydrogens is 411 g/mol. The van der Waals surface area contributed by atoms with Crippen molar-refractivity contribution >= 4 is 56.4 Å². The van der Waals surface area contributed by atoms with Crippen LogP contribution in [0.2, 0.25) is 10.0 Å². The van der Waals surface area contributed by atoms with E-state index in [0.29, 0.717) is 33.2 Å². The summed E-state index contributed by atoms with van der Waals surface area (Å²) in [5.41, 5.74) is 0.391. The maximum atomic E-state index is 12.0. The van der Waals surface area contributed by atoms with Gasteiger partial charge in [-0.05, 0) is 37.4 Å². The Labute approximate surface area is 166 Å². The van der Waals surface area contributed by atoms with Crippen molar-refractivity contribution in [3.05, 3.63) is 59.0 Å². The highest BCUT2D eigenvalue weighted by atomic mass is 35.5. The number of nitrogens with zero attached hydrogens (tertiary/aromatic N) is 3. The number of nitrogens with one attached hydrogen (secondary N) is 3. The summed E-state index contributed by atoms with van der Waals surface area (Å²) in [7, 11) is -2.26. The number of pyridine rings is 1. The van der Waals surface area contributed by atoms with Crippen LogP contribution in [0.1, 0.15) is 0 Å². The molecule has 0 aliphatic heterocycles. The molecule has 0 spiro atoms. The molecule has 11 heteroatoms. The minimum atomic E-state index is -3.59. The summed E-state index contributed by atoms with van der Waals surface area (Å²) in [6, 6.07) is 9.37. The van der Waals surface area contributed by atoms with Crippen LogP contribution in [-0.2, 0) is 10.0 Å². The van der Waals surface area contributed by atoms with Gasteiger partial charge in [0.1, 0.15) is 23.8 Å². The van der Waals surface area contributed by atoms with Crippen LogP contribution >= 0.6 is 23.2 Å². The molecule has 3 N–H and O–H groups in total. The third kappa shape index (κ3) is 4.83. The summed E-state index contributed by atoms with van der Waals surface area (Å²) < 4.78 is 26.2. The largest absolute Gasteiger partial charge is 0.339 e. The number of halogens is 2. The van der Waals surface area contributed by atoms with Gasteiger partial charge in [-0.2, -0.15) is 0 Å². The first-order valence-corrected chi connectivity index (χ1v) is 9.82. The first-order chi connectivity index (χ1) is 12.9. The predicted molar refractivity (Wildman–Crippen MR) is 106 cm³/mol. The second-order valence-electron chi connectivity index (χ2n) is 5.25. The Morgan fingerprint density at radius 3 is 2.30 bits per heavy atom. The molecule has 0 aliphatic carbocycles. The molecule has 0 saturated carbocycles. The fourth-order valence-electron chi connectivity index (χ4n) is 2.10. The van der Waals surface area contributed by atoms with Gasteiger partial charge < -0.3 is 10.6 Å². The Balaban J connectivity index is 1.84. The van der Waals surface area contributed by atoms with E-state index >= 15 is 0 Å². The molecule has 0 bridgehead atoms. The number of hydrogen-bond donors (Lipinski definition) is 3. The number of aromatic nitrogens is 3. The standard InChI is InChI=1S/C16H14Cl2N6O2S/c1-19-27(25,26)11-3-4-12(18)13(6-11)23-15-7-16(22-9-21-15)24-14-5-2-10(17)8-20-14/h2-9,19H,1H3,(H2,20,21,22,23,24). The third-order valence-corrected chi connectivity index (χ3v) is 5.40. The fourth-order valence-corrected chi connectivity index (χ4v) is 3.13. The summed E-state index contributed by atoms with van der Waals surface area (Å²) in [5, 5.41) is 6.87. The minimum Gasteiger partial charge on any atom is -0.339 e. The quantitative estimate of drug-likeness (QED) is 0.554. The van der Waals surface area contributed by atoms with Crippen molar-refractivity contribution < 1.29 is 8.42 Å². The number of sulfonamides is 1. The van der Waals surface area contributed by atoms with Crippen LogP contribution in [0.15, 0.2) is 53.8 Å². The second-order valence-corrected chi connectivity index (χ2v) is 7.98. The van der Waals surface area contributed by atoms with Crippen LogP contribution in [0.5, 0.6) is 0 Å². The Kier molecular flexibility index (Phi) is 5.76. The molecule has 1 aromatic carbocycles. The number of anilines is 4. The lowest BCUT2D eigenvalue weighted by Crippen LogP contribution is -2.18. The van der Waals surface area contributed by atoms with Gasteiger partial charge in [0.25, 0.3) is 0 Å². The smallest absolute Gasteiger partial charge is 0.240 e. The van der Waals surface area contributed by atoms with E-state index in [0.717, 1.165) is 0 Å². The van der Waals surface area contributed by atoms with Crippen molar-refractivity contribution in [3.63, 3.8) is 0 Å². The summed E-state index contributed by atoms with van der Waals surface area (Å²) in [4.78, 5) is 12.4. The average molecular weight is 425 g/mol. The Bertz CT molecular complexity index is 1060. The zero-order valence-corrected chi connectivity index (χ0v) is 16.3. The number of hydrogen-bond acceptors (Lipinski definition) is 7. The highest BCUT2D eigenvalue weighted by Gasteiger charge is 2.14. The van der Waals surface area contributed by atoms with Crippen LogP contribution < -0.4 is 15.4 Å². The van der Waals surface area contributed by atoms with Gasteiger partial charge in [-0.15, -0.1) is 0 Å². The topological polar surface area (TPSA) is 109 Å². The highest BCUT2D eigenvalue weighted by Crippen LogP contribution is 2.28. The zero-order chi connectivity index (χ0) is 19.4. The van der Waals surface area contributed by atoms with E-state index in [2.05, 4.69) is 30.3 Å². The van der Waals surface area contributed by atoms with Crippen LogP contribution in [-0.4, -0.2) is 30.4 Å². The average Bonchev–Trinajstić information content (AvgIpc) is 2.65. The van der Waals surface area contributed by atoms with Gasteiger partial charge in [0.2, 0.25) is 10.0 Å². The summed E-state index contributed by atoms with van der Waals surface area (Å²) in [5.74, 6) is 1.46. The molecule has 0 unspecified atom stereocenters. The Hall–Kier alpha value is -2.46. The van der Waals surface area contributed by atoms with Crippen molar-refractivity contribution in [2.45, 2.75) is 4.90 Å². The van der Waals surface area contributed by atoms with E-state index < -0.39 is 10.0 Å². The van der Waals surface area contributed by atoms with Gasteiger partial charge >= 0.3 is 0 Å². The molecule has 27 heavy (non-hydrogen) atoms. The normalized spacial score (nSPS) is 11.2. The minimum absolute atomic E-state index is 0.0784. The first-order valence-electron chi connectivity index (χ1n) is 7.58. The van der Waals surface area contributed by atoms with Gasteiger partial charge in [-0.1, -0.05) is 23.2 Å². The van der Waals surface area contributed by atoms with Crippen molar-refractivity contribution in [1.82, 2.24) is 19.7 Å². The fraction of sp³-hybridized carbons (Fsp3) is 0.0625.